The third-order valence-electron chi connectivity index (χ3n) is 4.35. The van der Waals surface area contributed by atoms with Gasteiger partial charge in [-0.2, -0.15) is 0 Å². The van der Waals surface area contributed by atoms with Crippen LogP contribution < -0.4 is 16.0 Å². The first-order valence-electron chi connectivity index (χ1n) is 10.7. The van der Waals surface area contributed by atoms with Gasteiger partial charge in [0.2, 0.25) is 0 Å². The predicted molar refractivity (Wildman–Crippen MR) is 135 cm³/mol. The van der Waals surface area contributed by atoms with Crippen LogP contribution in [0, 0.1) is 0 Å². The van der Waals surface area contributed by atoms with E-state index in [2.05, 4.69) is 50.1 Å². The van der Waals surface area contributed by atoms with Crippen LogP contribution in [0.25, 0.3) is 0 Å². The Kier molecular flexibility index (Phi) is 12.8. The van der Waals surface area contributed by atoms with Crippen molar-refractivity contribution in [3.8, 4) is 0 Å². The number of nitrogens with one attached hydrogen (secondary N) is 3. The quantitative estimate of drug-likeness (QED) is 0.201. The van der Waals surface area contributed by atoms with Gasteiger partial charge in [0, 0.05) is 39.3 Å². The molecule has 0 radical (unpaired) electrons. The summed E-state index contributed by atoms with van der Waals surface area (Å²) in [6.45, 7) is 14.4. The van der Waals surface area contributed by atoms with Gasteiger partial charge in [-0.3, -0.25) is 4.90 Å². The number of benzene rings is 1. The van der Waals surface area contributed by atoms with E-state index >= 15 is 0 Å². The van der Waals surface area contributed by atoms with Crippen LogP contribution >= 0.6 is 24.0 Å². The van der Waals surface area contributed by atoms with Crippen LogP contribution in [0.5, 0.6) is 0 Å². The normalized spacial score (nSPS) is 15.0. The number of ether oxygens (including phenoxy) is 2. The molecule has 0 unspecified atom stereocenters. The molecule has 0 aromatic heterocycles. The number of hydrogen-bond donors (Lipinski definition) is 3. The molecule has 1 saturated heterocycles. The average Bonchev–Trinajstić information content (AvgIpc) is 2.69. The molecule has 1 amide bonds. The van der Waals surface area contributed by atoms with Crippen LogP contribution in [0.1, 0.15) is 38.8 Å². The third kappa shape index (κ3) is 12.1. The Hall–Kier alpha value is -1.59. The number of aliphatic imine (C=N–C) groups is 1. The maximum Gasteiger partial charge on any atom is 0.407 e. The summed E-state index contributed by atoms with van der Waals surface area (Å²) >= 11 is 0. The molecule has 176 valence electrons. The highest BCUT2D eigenvalue weighted by Gasteiger charge is 2.15. The van der Waals surface area contributed by atoms with E-state index in [1.54, 1.807) is 0 Å². The van der Waals surface area contributed by atoms with Crippen molar-refractivity contribution in [3.05, 3.63) is 35.4 Å². The molecule has 8 nitrogen and oxygen atoms in total. The van der Waals surface area contributed by atoms with E-state index in [-0.39, 0.29) is 24.0 Å². The summed E-state index contributed by atoms with van der Waals surface area (Å²) in [5, 5.41) is 9.20. The lowest BCUT2D eigenvalue weighted by Gasteiger charge is -2.26. The molecule has 1 heterocycles. The van der Waals surface area contributed by atoms with Gasteiger partial charge in [0.05, 0.1) is 19.8 Å². The Morgan fingerprint density at radius 1 is 1.13 bits per heavy atom. The van der Waals surface area contributed by atoms with E-state index in [0.717, 1.165) is 45.4 Å². The standard InChI is InChI=1S/C22H37N5O3.HI/c1-5-23-20(24-9-10-25-21(28)30-22(2,3)4)26-16-18-7-6-8-19(15-18)17-27-11-13-29-14-12-27;/h6-8,15H,5,9-14,16-17H2,1-4H3,(H,25,28)(H2,23,24,26);1H. The fourth-order valence-electron chi connectivity index (χ4n) is 3.02. The minimum Gasteiger partial charge on any atom is -0.444 e. The first kappa shape index (κ1) is 27.4. The zero-order valence-corrected chi connectivity index (χ0v) is 21.5. The molecule has 1 fully saturated rings. The van der Waals surface area contributed by atoms with Crippen molar-refractivity contribution in [2.24, 2.45) is 4.99 Å². The Labute approximate surface area is 203 Å². The molecule has 0 saturated carbocycles. The Balaban J connectivity index is 0.00000480. The smallest absolute Gasteiger partial charge is 0.407 e. The summed E-state index contributed by atoms with van der Waals surface area (Å²) in [4.78, 5) is 18.8. The van der Waals surface area contributed by atoms with E-state index in [9.17, 15) is 4.79 Å². The molecule has 1 aliphatic rings. The summed E-state index contributed by atoms with van der Waals surface area (Å²) in [6.07, 6.45) is -0.414. The molecule has 0 aliphatic carbocycles. The number of alkyl carbamates (subject to hydrolysis) is 1. The maximum atomic E-state index is 11.7. The van der Waals surface area contributed by atoms with Crippen LogP contribution in [0.15, 0.2) is 29.3 Å². The molecule has 3 N–H and O–H groups in total. The van der Waals surface area contributed by atoms with E-state index in [1.165, 1.54) is 11.1 Å². The maximum absolute atomic E-state index is 11.7. The number of carbonyl (C=O) groups excluding carboxylic acids is 1. The van der Waals surface area contributed by atoms with Crippen molar-refractivity contribution < 1.29 is 14.3 Å². The molecule has 1 aliphatic heterocycles. The highest BCUT2D eigenvalue weighted by Crippen LogP contribution is 2.11. The van der Waals surface area contributed by atoms with Crippen LogP contribution in [-0.2, 0) is 22.6 Å². The number of hydrogen-bond acceptors (Lipinski definition) is 5. The summed E-state index contributed by atoms with van der Waals surface area (Å²) in [7, 11) is 0. The van der Waals surface area contributed by atoms with Crippen molar-refractivity contribution in [1.29, 1.82) is 0 Å². The third-order valence-corrected chi connectivity index (χ3v) is 4.35. The molecule has 1 aromatic rings. The molecule has 31 heavy (non-hydrogen) atoms. The summed E-state index contributed by atoms with van der Waals surface area (Å²) in [5.41, 5.74) is 1.97. The lowest BCUT2D eigenvalue weighted by molar-refractivity contribution is 0.0342. The predicted octanol–water partition coefficient (Wildman–Crippen LogP) is 2.72. The number of morpholine rings is 1. The van der Waals surface area contributed by atoms with E-state index in [0.29, 0.717) is 19.6 Å². The van der Waals surface area contributed by atoms with Gasteiger partial charge >= 0.3 is 6.09 Å². The Bertz CT molecular complexity index is 688. The minimum atomic E-state index is -0.496. The first-order valence-corrected chi connectivity index (χ1v) is 10.7. The summed E-state index contributed by atoms with van der Waals surface area (Å²) in [6, 6.07) is 8.56. The summed E-state index contributed by atoms with van der Waals surface area (Å²) < 4.78 is 10.6. The van der Waals surface area contributed by atoms with Gasteiger partial charge in [-0.05, 0) is 38.8 Å². The van der Waals surface area contributed by atoms with Crippen LogP contribution in [0.4, 0.5) is 4.79 Å². The highest BCUT2D eigenvalue weighted by molar-refractivity contribution is 14.0. The molecule has 0 bridgehead atoms. The molecule has 2 rings (SSSR count). The van der Waals surface area contributed by atoms with Crippen molar-refractivity contribution in [1.82, 2.24) is 20.9 Å². The lowest BCUT2D eigenvalue weighted by Crippen LogP contribution is -2.42. The molecular weight excluding hydrogens is 509 g/mol. The van der Waals surface area contributed by atoms with Gasteiger partial charge in [0.25, 0.3) is 0 Å². The summed E-state index contributed by atoms with van der Waals surface area (Å²) in [5.74, 6) is 0.724. The first-order chi connectivity index (χ1) is 14.4. The minimum absolute atomic E-state index is 0. The van der Waals surface area contributed by atoms with Gasteiger partial charge in [0.15, 0.2) is 5.96 Å². The van der Waals surface area contributed by atoms with Crippen molar-refractivity contribution in [2.45, 2.75) is 46.4 Å². The van der Waals surface area contributed by atoms with E-state index in [1.807, 2.05) is 27.7 Å². The number of rotatable bonds is 8. The molecule has 0 atom stereocenters. The Morgan fingerprint density at radius 2 is 1.81 bits per heavy atom. The van der Waals surface area contributed by atoms with Crippen LogP contribution in [0.2, 0.25) is 0 Å². The van der Waals surface area contributed by atoms with Crippen molar-refractivity contribution in [3.63, 3.8) is 0 Å². The molecular formula is C22H38IN5O3. The number of amides is 1. The van der Waals surface area contributed by atoms with Gasteiger partial charge in [0.1, 0.15) is 5.60 Å². The Morgan fingerprint density at radius 3 is 2.48 bits per heavy atom. The number of carbonyl (C=O) groups is 1. The zero-order chi connectivity index (χ0) is 21.8. The fourth-order valence-corrected chi connectivity index (χ4v) is 3.02. The molecule has 0 spiro atoms. The topological polar surface area (TPSA) is 87.2 Å². The van der Waals surface area contributed by atoms with Gasteiger partial charge in [-0.1, -0.05) is 24.3 Å². The van der Waals surface area contributed by atoms with Gasteiger partial charge in [-0.15, -0.1) is 24.0 Å². The van der Waals surface area contributed by atoms with Crippen LogP contribution in [-0.4, -0.2) is 68.5 Å². The number of halogens is 1. The number of guanidine groups is 1. The SMILES string of the molecule is CCNC(=NCc1cccc(CN2CCOCC2)c1)NCCNC(=O)OC(C)(C)C.I. The second kappa shape index (κ2) is 14.5. The second-order valence-corrected chi connectivity index (χ2v) is 8.26. The van der Waals surface area contributed by atoms with E-state index < -0.39 is 11.7 Å². The molecule has 1 aromatic carbocycles. The second-order valence-electron chi connectivity index (χ2n) is 8.26. The van der Waals surface area contributed by atoms with Crippen LogP contribution in [0.3, 0.4) is 0 Å². The number of nitrogens with zero attached hydrogens (tertiary/aromatic N) is 2. The largest absolute Gasteiger partial charge is 0.444 e. The van der Waals surface area contributed by atoms with E-state index in [4.69, 9.17) is 9.47 Å². The van der Waals surface area contributed by atoms with Crippen molar-refractivity contribution in [2.75, 3.05) is 45.9 Å². The monoisotopic (exact) mass is 547 g/mol. The van der Waals surface area contributed by atoms with Crippen molar-refractivity contribution >= 4 is 36.0 Å². The molecule has 9 heteroatoms. The average molecular weight is 547 g/mol. The van der Waals surface area contributed by atoms with Gasteiger partial charge in [-0.25, -0.2) is 9.79 Å². The lowest BCUT2D eigenvalue weighted by atomic mass is 10.1. The zero-order valence-electron chi connectivity index (χ0n) is 19.2. The highest BCUT2D eigenvalue weighted by atomic mass is 127. The fraction of sp³-hybridized carbons (Fsp3) is 0.636. The van der Waals surface area contributed by atoms with Gasteiger partial charge < -0.3 is 25.4 Å².